The lowest BCUT2D eigenvalue weighted by Crippen LogP contribution is -2.25. The van der Waals surface area contributed by atoms with E-state index in [1.54, 1.807) is 0 Å². The third kappa shape index (κ3) is 1.80. The van der Waals surface area contributed by atoms with E-state index in [2.05, 4.69) is 5.10 Å². The highest BCUT2D eigenvalue weighted by Gasteiger charge is 2.20. The number of rotatable bonds is 1. The molecule has 0 aromatic carbocycles. The van der Waals surface area contributed by atoms with Crippen molar-refractivity contribution in [1.29, 1.82) is 0 Å². The standard InChI is InChI=1S/C7H9ClN2O3S/c1-4-6(14(8,12)13)5(2)9-10(3)7(4)11/h1-3H3. The van der Waals surface area contributed by atoms with Crippen molar-refractivity contribution in [3.63, 3.8) is 0 Å². The molecule has 0 fully saturated rings. The zero-order valence-corrected chi connectivity index (χ0v) is 9.48. The van der Waals surface area contributed by atoms with Gasteiger partial charge in [0.1, 0.15) is 4.90 Å². The van der Waals surface area contributed by atoms with E-state index in [9.17, 15) is 13.2 Å². The minimum Gasteiger partial charge on any atom is -0.267 e. The van der Waals surface area contributed by atoms with Crippen LogP contribution in [0.2, 0.25) is 0 Å². The van der Waals surface area contributed by atoms with Gasteiger partial charge in [-0.3, -0.25) is 4.79 Å². The van der Waals surface area contributed by atoms with Crippen molar-refractivity contribution in [3.05, 3.63) is 21.6 Å². The summed E-state index contributed by atoms with van der Waals surface area (Å²) < 4.78 is 23.3. The van der Waals surface area contributed by atoms with Crippen LogP contribution in [0, 0.1) is 13.8 Å². The maximum absolute atomic E-state index is 11.4. The highest BCUT2D eigenvalue weighted by atomic mass is 35.7. The smallest absolute Gasteiger partial charge is 0.267 e. The number of hydrogen-bond donors (Lipinski definition) is 0. The summed E-state index contributed by atoms with van der Waals surface area (Å²) in [4.78, 5) is 11.2. The summed E-state index contributed by atoms with van der Waals surface area (Å²) >= 11 is 0. The van der Waals surface area contributed by atoms with Gasteiger partial charge in [-0.25, -0.2) is 13.1 Å². The van der Waals surface area contributed by atoms with Crippen LogP contribution in [0.25, 0.3) is 0 Å². The van der Waals surface area contributed by atoms with Crippen LogP contribution < -0.4 is 5.56 Å². The molecule has 0 unspecified atom stereocenters. The Bertz CT molecular complexity index is 533. The van der Waals surface area contributed by atoms with Gasteiger partial charge < -0.3 is 0 Å². The molecule has 0 N–H and O–H groups in total. The second kappa shape index (κ2) is 3.36. The molecule has 0 aliphatic carbocycles. The van der Waals surface area contributed by atoms with E-state index in [1.165, 1.54) is 20.9 Å². The summed E-state index contributed by atoms with van der Waals surface area (Å²) in [7, 11) is 2.72. The molecule has 0 atom stereocenters. The number of aryl methyl sites for hydroxylation is 2. The zero-order valence-electron chi connectivity index (χ0n) is 7.91. The largest absolute Gasteiger partial charge is 0.270 e. The van der Waals surface area contributed by atoms with Crippen LogP contribution in [-0.2, 0) is 16.1 Å². The first-order chi connectivity index (χ1) is 6.25. The lowest BCUT2D eigenvalue weighted by molar-refractivity contribution is 0.601. The average Bonchev–Trinajstić information content (AvgIpc) is 1.97. The quantitative estimate of drug-likeness (QED) is 0.659. The van der Waals surface area contributed by atoms with Crippen LogP contribution in [0.5, 0.6) is 0 Å². The molecule has 14 heavy (non-hydrogen) atoms. The molecule has 0 amide bonds. The maximum atomic E-state index is 11.4. The van der Waals surface area contributed by atoms with Crippen molar-refractivity contribution < 1.29 is 8.42 Å². The van der Waals surface area contributed by atoms with Crippen molar-refractivity contribution >= 4 is 19.7 Å². The van der Waals surface area contributed by atoms with Crippen molar-refractivity contribution in [2.24, 2.45) is 7.05 Å². The molecule has 0 bridgehead atoms. The van der Waals surface area contributed by atoms with Crippen molar-refractivity contribution in [2.75, 3.05) is 0 Å². The summed E-state index contributed by atoms with van der Waals surface area (Å²) in [5, 5.41) is 3.74. The molecule has 1 aromatic rings. The van der Waals surface area contributed by atoms with E-state index in [0.717, 1.165) is 4.68 Å². The first-order valence-electron chi connectivity index (χ1n) is 3.74. The van der Waals surface area contributed by atoms with Gasteiger partial charge in [-0.05, 0) is 13.8 Å². The molecule has 7 heteroatoms. The van der Waals surface area contributed by atoms with Crippen molar-refractivity contribution in [3.8, 4) is 0 Å². The van der Waals surface area contributed by atoms with Gasteiger partial charge in [0.25, 0.3) is 14.6 Å². The Labute approximate surface area is 85.7 Å². The van der Waals surface area contributed by atoms with Crippen LogP contribution in [0.3, 0.4) is 0 Å². The minimum atomic E-state index is -3.91. The molecule has 0 saturated carbocycles. The van der Waals surface area contributed by atoms with Gasteiger partial charge in [0.2, 0.25) is 0 Å². The van der Waals surface area contributed by atoms with E-state index in [1.807, 2.05) is 0 Å². The number of nitrogens with zero attached hydrogens (tertiary/aromatic N) is 2. The minimum absolute atomic E-state index is 0.0926. The van der Waals surface area contributed by atoms with E-state index in [4.69, 9.17) is 10.7 Å². The van der Waals surface area contributed by atoms with Gasteiger partial charge >= 0.3 is 0 Å². The number of hydrogen-bond acceptors (Lipinski definition) is 4. The topological polar surface area (TPSA) is 69.0 Å². The fraction of sp³-hybridized carbons (Fsp3) is 0.429. The summed E-state index contributed by atoms with van der Waals surface area (Å²) in [6, 6.07) is 0. The van der Waals surface area contributed by atoms with Gasteiger partial charge in [0.15, 0.2) is 0 Å². The highest BCUT2D eigenvalue weighted by molar-refractivity contribution is 8.13. The van der Waals surface area contributed by atoms with Gasteiger partial charge in [0.05, 0.1) is 5.69 Å². The molecule has 0 saturated heterocycles. The molecule has 0 aliphatic heterocycles. The SMILES string of the molecule is Cc1nn(C)c(=O)c(C)c1S(=O)(=O)Cl. The fourth-order valence-electron chi connectivity index (χ4n) is 1.29. The van der Waals surface area contributed by atoms with Gasteiger partial charge in [0, 0.05) is 23.3 Å². The van der Waals surface area contributed by atoms with E-state index in [0.29, 0.717) is 0 Å². The third-order valence-electron chi connectivity index (χ3n) is 1.83. The fourth-order valence-corrected chi connectivity index (χ4v) is 2.82. The van der Waals surface area contributed by atoms with Gasteiger partial charge in [-0.2, -0.15) is 5.10 Å². The molecule has 0 aliphatic rings. The zero-order chi connectivity index (χ0) is 11.1. The number of aromatic nitrogens is 2. The molecule has 5 nitrogen and oxygen atoms in total. The van der Waals surface area contributed by atoms with Crippen LogP contribution in [0.4, 0.5) is 0 Å². The highest BCUT2D eigenvalue weighted by Crippen LogP contribution is 2.18. The van der Waals surface area contributed by atoms with E-state index >= 15 is 0 Å². The molecule has 1 rings (SSSR count). The summed E-state index contributed by atoms with van der Waals surface area (Å²) in [6.07, 6.45) is 0. The van der Waals surface area contributed by atoms with Crippen LogP contribution in [0.15, 0.2) is 9.69 Å². The average molecular weight is 237 g/mol. The lowest BCUT2D eigenvalue weighted by atomic mass is 10.3. The van der Waals surface area contributed by atoms with Crippen molar-refractivity contribution in [2.45, 2.75) is 18.7 Å². The predicted molar refractivity (Wildman–Crippen MR) is 52.0 cm³/mol. The molecule has 1 heterocycles. The maximum Gasteiger partial charge on any atom is 0.270 e. The molecule has 1 aromatic heterocycles. The third-order valence-corrected chi connectivity index (χ3v) is 3.38. The summed E-state index contributed by atoms with van der Waals surface area (Å²) in [5.41, 5.74) is -0.149. The van der Waals surface area contributed by atoms with E-state index < -0.39 is 14.6 Å². The number of halogens is 1. The lowest BCUT2D eigenvalue weighted by Gasteiger charge is -2.06. The Morgan fingerprint density at radius 2 is 1.86 bits per heavy atom. The van der Waals surface area contributed by atoms with Crippen LogP contribution in [-0.4, -0.2) is 18.2 Å². The molecular formula is C7H9ClN2O3S. The van der Waals surface area contributed by atoms with Crippen LogP contribution in [0.1, 0.15) is 11.3 Å². The first kappa shape index (κ1) is 11.2. The Kier molecular flexibility index (Phi) is 2.69. The predicted octanol–water partition coefficient (Wildman–Crippen LogP) is 0.325. The summed E-state index contributed by atoms with van der Waals surface area (Å²) in [6.45, 7) is 2.90. The Morgan fingerprint density at radius 3 is 2.29 bits per heavy atom. The Balaban J connectivity index is 3.80. The summed E-state index contributed by atoms with van der Waals surface area (Å²) in [5.74, 6) is 0. The molecule has 78 valence electrons. The second-order valence-corrected chi connectivity index (χ2v) is 5.41. The van der Waals surface area contributed by atoms with Gasteiger partial charge in [-0.1, -0.05) is 0 Å². The Morgan fingerprint density at radius 1 is 1.36 bits per heavy atom. The van der Waals surface area contributed by atoms with Gasteiger partial charge in [-0.15, -0.1) is 0 Å². The first-order valence-corrected chi connectivity index (χ1v) is 6.05. The van der Waals surface area contributed by atoms with Crippen LogP contribution >= 0.6 is 10.7 Å². The normalized spacial score (nSPS) is 11.7. The Hall–Kier alpha value is -0.880. The molecular weight excluding hydrogens is 228 g/mol. The molecule has 0 spiro atoms. The second-order valence-electron chi connectivity index (χ2n) is 2.91. The monoisotopic (exact) mass is 236 g/mol. The van der Waals surface area contributed by atoms with Crippen molar-refractivity contribution in [1.82, 2.24) is 9.78 Å². The molecule has 0 radical (unpaired) electrons. The van der Waals surface area contributed by atoms with E-state index in [-0.39, 0.29) is 16.2 Å².